The number of hydrogen-bond acceptors (Lipinski definition) is 5. The number of amides is 1. The van der Waals surface area contributed by atoms with Crippen LogP contribution in [0.15, 0.2) is 102 Å². The lowest BCUT2D eigenvalue weighted by Crippen LogP contribution is -2.44. The van der Waals surface area contributed by atoms with E-state index in [4.69, 9.17) is 0 Å². The highest BCUT2D eigenvalue weighted by atomic mass is 79.9. The summed E-state index contributed by atoms with van der Waals surface area (Å²) in [6.45, 7) is 2.79. The van der Waals surface area contributed by atoms with Crippen molar-refractivity contribution in [3.63, 3.8) is 0 Å². The van der Waals surface area contributed by atoms with E-state index in [-0.39, 0.29) is 18.4 Å². The van der Waals surface area contributed by atoms with E-state index in [1.807, 2.05) is 104 Å². The predicted molar refractivity (Wildman–Crippen MR) is 154 cm³/mol. The lowest BCUT2D eigenvalue weighted by atomic mass is 9.83. The van der Waals surface area contributed by atoms with Crippen molar-refractivity contribution in [2.45, 2.75) is 38.0 Å². The zero-order valence-electron chi connectivity index (χ0n) is 21.7. The van der Waals surface area contributed by atoms with Gasteiger partial charge < -0.3 is 15.1 Å². The minimum absolute atomic E-state index is 0.0500. The molecule has 0 bridgehead atoms. The second kappa shape index (κ2) is 11.7. The van der Waals surface area contributed by atoms with Gasteiger partial charge in [0.1, 0.15) is 0 Å². The van der Waals surface area contributed by atoms with Crippen LogP contribution in [0.2, 0.25) is 0 Å². The van der Waals surface area contributed by atoms with Crippen molar-refractivity contribution in [3.05, 3.63) is 124 Å². The molecule has 0 fully saturated rings. The largest absolute Gasteiger partial charge is 0.395 e. The van der Waals surface area contributed by atoms with Gasteiger partial charge in [0.2, 0.25) is 0 Å². The van der Waals surface area contributed by atoms with Gasteiger partial charge >= 0.3 is 0 Å². The summed E-state index contributed by atoms with van der Waals surface area (Å²) in [5.74, 6) is -1.01. The molecule has 1 aliphatic rings. The van der Waals surface area contributed by atoms with Gasteiger partial charge in [0.05, 0.1) is 30.5 Å². The maximum Gasteiger partial charge on any atom is 0.264 e. The van der Waals surface area contributed by atoms with Crippen LogP contribution in [0.3, 0.4) is 0 Å². The molecule has 7 nitrogen and oxygen atoms in total. The van der Waals surface area contributed by atoms with E-state index in [1.165, 1.54) is 0 Å². The van der Waals surface area contributed by atoms with Crippen molar-refractivity contribution in [1.82, 2.24) is 15.0 Å². The molecular weight excluding hydrogens is 556 g/mol. The summed E-state index contributed by atoms with van der Waals surface area (Å²) < 4.78 is 2.56. The zero-order chi connectivity index (χ0) is 27.4. The van der Waals surface area contributed by atoms with Crippen LogP contribution in [0.5, 0.6) is 0 Å². The number of rotatable bonds is 10. The zero-order valence-corrected chi connectivity index (χ0v) is 23.3. The Bertz CT molecular complexity index is 1460. The predicted octanol–water partition coefficient (Wildman–Crippen LogP) is 5.18. The second-order valence-corrected chi connectivity index (χ2v) is 10.8. The number of nitrogens with zero attached hydrogens (tertiary/aromatic N) is 4. The second-order valence-electron chi connectivity index (χ2n) is 9.86. The van der Waals surface area contributed by atoms with Gasteiger partial charge in [-0.25, -0.2) is 0 Å². The molecule has 200 valence electrons. The molecule has 39 heavy (non-hydrogen) atoms. The number of aliphatic hydroxyl groups excluding tert-OH is 1. The third-order valence-corrected chi connectivity index (χ3v) is 7.81. The number of aromatic nitrogens is 3. The van der Waals surface area contributed by atoms with Crippen molar-refractivity contribution in [3.8, 4) is 0 Å². The highest BCUT2D eigenvalue weighted by Crippen LogP contribution is 2.46. The third kappa shape index (κ3) is 5.45. The van der Waals surface area contributed by atoms with Gasteiger partial charge in [0, 0.05) is 28.7 Å². The minimum Gasteiger partial charge on any atom is -0.395 e. The Morgan fingerprint density at radius 3 is 2.49 bits per heavy atom. The van der Waals surface area contributed by atoms with Gasteiger partial charge in [0.15, 0.2) is 5.60 Å². The highest BCUT2D eigenvalue weighted by Gasteiger charge is 2.52. The average Bonchev–Trinajstić information content (AvgIpc) is 3.50. The number of anilines is 1. The van der Waals surface area contributed by atoms with Crippen LogP contribution < -0.4 is 4.90 Å². The maximum atomic E-state index is 13.7. The fourth-order valence-electron chi connectivity index (χ4n) is 5.13. The highest BCUT2D eigenvalue weighted by molar-refractivity contribution is 9.10. The van der Waals surface area contributed by atoms with E-state index in [0.29, 0.717) is 30.8 Å². The molecule has 0 aliphatic carbocycles. The van der Waals surface area contributed by atoms with E-state index < -0.39 is 11.5 Å². The number of aryl methyl sites for hydroxylation is 1. The molecule has 8 heteroatoms. The summed E-state index contributed by atoms with van der Waals surface area (Å²) >= 11 is 3.50. The molecule has 1 unspecified atom stereocenters. The Balaban J connectivity index is 1.28. The molecule has 3 atom stereocenters. The van der Waals surface area contributed by atoms with E-state index in [2.05, 4.69) is 26.2 Å². The molecule has 3 aromatic carbocycles. The van der Waals surface area contributed by atoms with E-state index >= 15 is 0 Å². The van der Waals surface area contributed by atoms with Crippen molar-refractivity contribution < 1.29 is 15.0 Å². The van der Waals surface area contributed by atoms with Crippen molar-refractivity contribution in [2.24, 2.45) is 5.92 Å². The molecule has 0 radical (unpaired) electrons. The summed E-state index contributed by atoms with van der Waals surface area (Å²) in [4.78, 5) is 15.4. The van der Waals surface area contributed by atoms with Gasteiger partial charge in [-0.1, -0.05) is 101 Å². The topological polar surface area (TPSA) is 91.5 Å². The van der Waals surface area contributed by atoms with Crippen LogP contribution in [0.25, 0.3) is 0 Å². The third-order valence-electron chi connectivity index (χ3n) is 7.32. The fraction of sp³-hybridized carbons (Fsp3) is 0.258. The fourth-order valence-corrected chi connectivity index (χ4v) is 5.49. The number of aliphatic hydroxyl groups is 2. The number of halogens is 1. The van der Waals surface area contributed by atoms with Gasteiger partial charge in [-0.15, -0.1) is 5.10 Å². The van der Waals surface area contributed by atoms with Gasteiger partial charge in [-0.05, 0) is 35.7 Å². The monoisotopic (exact) mass is 586 g/mol. The van der Waals surface area contributed by atoms with Gasteiger partial charge in [-0.3, -0.25) is 9.48 Å². The minimum atomic E-state index is -1.67. The number of fused-ring (bicyclic) bond motifs is 1. The number of carbonyl (C=O) groups is 1. The van der Waals surface area contributed by atoms with Gasteiger partial charge in [0.25, 0.3) is 5.91 Å². The Morgan fingerprint density at radius 1 is 1.05 bits per heavy atom. The molecule has 0 spiro atoms. The summed E-state index contributed by atoms with van der Waals surface area (Å²) in [7, 11) is 0. The van der Waals surface area contributed by atoms with Crippen LogP contribution in [0, 0.1) is 5.92 Å². The first kappa shape index (κ1) is 27.0. The van der Waals surface area contributed by atoms with Crippen molar-refractivity contribution in [1.29, 1.82) is 0 Å². The molecule has 1 aliphatic heterocycles. The lowest BCUT2D eigenvalue weighted by molar-refractivity contribution is -0.139. The molecule has 5 rings (SSSR count). The number of allylic oxidation sites excluding steroid dienone is 1. The lowest BCUT2D eigenvalue weighted by Gasteiger charge is -2.27. The molecule has 0 saturated heterocycles. The molecule has 2 heterocycles. The van der Waals surface area contributed by atoms with Crippen LogP contribution >= 0.6 is 15.9 Å². The standard InChI is InChI=1S/C31H31BrN4O3/c1-22(10-8-9-17-35-20-28(33-34-35)26(21-37)24-13-6-3-7-14-24)31(39)27-18-25(32)15-16-29(27)36(30(31)38)19-23-11-4-2-5-12-23/h2-8,10-16,18,20,22,26,37,39H,9,17,19,21H2,1H3/b10-8+/t22-,26?,31+/m1/s1. The van der Waals surface area contributed by atoms with Crippen LogP contribution in [0.4, 0.5) is 5.69 Å². The summed E-state index contributed by atoms with van der Waals surface area (Å²) in [6.07, 6.45) is 6.36. The summed E-state index contributed by atoms with van der Waals surface area (Å²) in [6, 6.07) is 25.2. The first-order valence-electron chi connectivity index (χ1n) is 13.0. The quantitative estimate of drug-likeness (QED) is 0.250. The van der Waals surface area contributed by atoms with Crippen LogP contribution in [0.1, 0.15) is 41.6 Å². The maximum absolute atomic E-state index is 13.7. The Labute approximate surface area is 236 Å². The van der Waals surface area contributed by atoms with Crippen molar-refractivity contribution >= 4 is 27.5 Å². The number of carbonyl (C=O) groups excluding carboxylic acids is 1. The summed E-state index contributed by atoms with van der Waals surface area (Å²) in [5.41, 5.74) is 2.36. The molecule has 1 aromatic heterocycles. The first-order valence-corrected chi connectivity index (χ1v) is 13.8. The molecule has 1 amide bonds. The Hall–Kier alpha value is -3.59. The normalized spacial score (nSPS) is 18.5. The van der Waals surface area contributed by atoms with Crippen LogP contribution in [-0.4, -0.2) is 37.7 Å². The molecule has 2 N–H and O–H groups in total. The number of benzene rings is 3. The van der Waals surface area contributed by atoms with E-state index in [0.717, 1.165) is 21.3 Å². The van der Waals surface area contributed by atoms with E-state index in [1.54, 1.807) is 9.58 Å². The smallest absolute Gasteiger partial charge is 0.264 e. The number of hydrogen-bond donors (Lipinski definition) is 2. The average molecular weight is 588 g/mol. The van der Waals surface area contributed by atoms with E-state index in [9.17, 15) is 15.0 Å². The Kier molecular flexibility index (Phi) is 8.07. The molecule has 0 saturated carbocycles. The van der Waals surface area contributed by atoms with Crippen molar-refractivity contribution in [2.75, 3.05) is 11.5 Å². The Morgan fingerprint density at radius 2 is 1.77 bits per heavy atom. The first-order chi connectivity index (χ1) is 18.9. The SMILES string of the molecule is C[C@H](/C=C/CCn1cc(C(CO)c2ccccc2)nn1)[C@@]1(O)C(=O)N(Cc2ccccc2)c2ccc(Br)cc21. The van der Waals surface area contributed by atoms with Crippen LogP contribution in [-0.2, 0) is 23.5 Å². The molecule has 4 aromatic rings. The van der Waals surface area contributed by atoms with Gasteiger partial charge in [-0.2, -0.15) is 0 Å². The summed E-state index contributed by atoms with van der Waals surface area (Å²) in [5, 5.41) is 30.3. The molecular formula is C31H31BrN4O3.